The minimum Gasteiger partial charge on any atom is -0.453 e. The van der Waals surface area contributed by atoms with E-state index < -0.39 is 30.0 Å². The molecule has 0 fully saturated rings. The lowest BCUT2D eigenvalue weighted by molar-refractivity contribution is -0.131. The van der Waals surface area contributed by atoms with Gasteiger partial charge >= 0.3 is 12.2 Å². The molecule has 0 saturated carbocycles. The van der Waals surface area contributed by atoms with Crippen molar-refractivity contribution in [3.8, 4) is 11.1 Å². The smallest absolute Gasteiger partial charge is 0.412 e. The second-order valence-electron chi connectivity index (χ2n) is 11.1. The summed E-state index contributed by atoms with van der Waals surface area (Å²) in [5.74, 6) is -1.55. The number of carbonyl (C=O) groups excluding carboxylic acids is 4. The molecule has 0 radical (unpaired) electrons. The highest BCUT2D eigenvalue weighted by Gasteiger charge is 2.29. The fourth-order valence-electron chi connectivity index (χ4n) is 5.74. The zero-order valence-corrected chi connectivity index (χ0v) is 25.7. The molecule has 0 spiro atoms. The number of rotatable bonds is 6. The van der Waals surface area contributed by atoms with Crippen molar-refractivity contribution < 1.29 is 33.0 Å². The predicted octanol–water partition coefficient (Wildman–Crippen LogP) is 7.46. The molecule has 2 bridgehead atoms. The van der Waals surface area contributed by atoms with Gasteiger partial charge in [-0.1, -0.05) is 30.2 Å². The van der Waals surface area contributed by atoms with Crippen LogP contribution in [0.3, 0.4) is 0 Å². The van der Waals surface area contributed by atoms with Gasteiger partial charge in [0, 0.05) is 41.9 Å². The second kappa shape index (κ2) is 14.0. The summed E-state index contributed by atoms with van der Waals surface area (Å²) in [6.45, 7) is 0.385. The molecule has 0 aliphatic carbocycles. The molecule has 2 heterocycles. The van der Waals surface area contributed by atoms with Gasteiger partial charge < -0.3 is 19.7 Å². The highest BCUT2D eigenvalue weighted by Crippen LogP contribution is 2.37. The van der Waals surface area contributed by atoms with E-state index in [0.717, 1.165) is 5.56 Å². The number of fused-ring (bicyclic) bond motifs is 5. The Labute approximate surface area is 265 Å². The van der Waals surface area contributed by atoms with E-state index in [2.05, 4.69) is 20.7 Å². The molecule has 4 amide bonds. The van der Waals surface area contributed by atoms with Crippen molar-refractivity contribution >= 4 is 52.7 Å². The number of methoxy groups -OCH3 is 1. The first kappa shape index (κ1) is 31.8. The van der Waals surface area contributed by atoms with Gasteiger partial charge in [0.25, 0.3) is 0 Å². The van der Waals surface area contributed by atoms with Gasteiger partial charge in [0.2, 0.25) is 11.8 Å². The molecule has 45 heavy (non-hydrogen) atoms. The highest BCUT2D eigenvalue weighted by atomic mass is 35.5. The Kier molecular flexibility index (Phi) is 9.87. The molecule has 0 aromatic heterocycles. The van der Waals surface area contributed by atoms with E-state index in [4.69, 9.17) is 16.3 Å². The van der Waals surface area contributed by atoms with Crippen LogP contribution >= 0.6 is 11.6 Å². The number of amides is 4. The number of cyclic esters (lactones) is 1. The van der Waals surface area contributed by atoms with Gasteiger partial charge in [0.1, 0.15) is 11.9 Å². The summed E-state index contributed by atoms with van der Waals surface area (Å²) >= 11 is 6.17. The van der Waals surface area contributed by atoms with E-state index in [1.807, 2.05) is 0 Å². The van der Waals surface area contributed by atoms with Crippen LogP contribution < -0.4 is 16.0 Å². The molecule has 5 rings (SSSR count). The minimum absolute atomic E-state index is 0.170. The predicted molar refractivity (Wildman–Crippen MR) is 169 cm³/mol. The molecule has 236 valence electrons. The zero-order chi connectivity index (χ0) is 32.1. The summed E-state index contributed by atoms with van der Waals surface area (Å²) in [6, 6.07) is 14.6. The van der Waals surface area contributed by atoms with Crippen molar-refractivity contribution in [1.82, 2.24) is 4.90 Å². The molecule has 2 aliphatic heterocycles. The zero-order valence-electron chi connectivity index (χ0n) is 25.0. The number of nitrogens with one attached hydrogen (secondary N) is 3. The first-order chi connectivity index (χ1) is 21.6. The number of hydrogen-bond donors (Lipinski definition) is 3. The van der Waals surface area contributed by atoms with Crippen LogP contribution in [0.2, 0.25) is 5.02 Å². The summed E-state index contributed by atoms with van der Waals surface area (Å²) in [5, 5.41) is 8.66. The highest BCUT2D eigenvalue weighted by molar-refractivity contribution is 6.30. The van der Waals surface area contributed by atoms with E-state index >= 15 is 4.39 Å². The minimum atomic E-state index is -0.668. The van der Waals surface area contributed by atoms with Crippen molar-refractivity contribution in [2.75, 3.05) is 36.7 Å². The topological polar surface area (TPSA) is 126 Å². The van der Waals surface area contributed by atoms with Gasteiger partial charge in [-0.25, -0.2) is 14.0 Å². The maximum atomic E-state index is 15.1. The third kappa shape index (κ3) is 7.72. The van der Waals surface area contributed by atoms with E-state index in [0.29, 0.717) is 77.4 Å². The van der Waals surface area contributed by atoms with Crippen LogP contribution in [0.5, 0.6) is 0 Å². The number of benzene rings is 3. The number of hydrogen-bond acceptors (Lipinski definition) is 6. The van der Waals surface area contributed by atoms with Gasteiger partial charge in [0.15, 0.2) is 0 Å². The van der Waals surface area contributed by atoms with E-state index in [1.54, 1.807) is 54.4 Å². The van der Waals surface area contributed by atoms with E-state index in [9.17, 15) is 19.2 Å². The molecule has 2 aliphatic rings. The Morgan fingerprint density at radius 3 is 2.69 bits per heavy atom. The first-order valence-corrected chi connectivity index (χ1v) is 15.1. The molecule has 2 atom stereocenters. The largest absolute Gasteiger partial charge is 0.453 e. The normalized spacial score (nSPS) is 17.6. The SMILES string of the molecule is COC(=O)Nc1ccc2c(c1)NC(=O)CCCCC(C(=O)N(C)CCCC1OC(=O)Nc3ccc(Cl)cc31)c1cc(F)cc-2c1. The van der Waals surface area contributed by atoms with Gasteiger partial charge in [-0.15, -0.1) is 0 Å². The van der Waals surface area contributed by atoms with Gasteiger partial charge in [-0.3, -0.25) is 20.2 Å². The molecule has 3 aromatic rings. The summed E-state index contributed by atoms with van der Waals surface area (Å²) < 4.78 is 25.3. The molecule has 3 N–H and O–H groups in total. The number of carbonyl (C=O) groups is 4. The van der Waals surface area contributed by atoms with Crippen molar-refractivity contribution in [3.63, 3.8) is 0 Å². The maximum Gasteiger partial charge on any atom is 0.412 e. The van der Waals surface area contributed by atoms with Crippen molar-refractivity contribution in [2.24, 2.45) is 0 Å². The van der Waals surface area contributed by atoms with Crippen LogP contribution in [0.4, 0.5) is 31.0 Å². The summed E-state index contributed by atoms with van der Waals surface area (Å²) in [7, 11) is 2.95. The van der Waals surface area contributed by atoms with E-state index in [1.165, 1.54) is 19.2 Å². The monoisotopic (exact) mass is 636 g/mol. The Balaban J connectivity index is 1.36. The fourth-order valence-corrected chi connectivity index (χ4v) is 5.93. The van der Waals surface area contributed by atoms with Gasteiger partial charge in [0.05, 0.1) is 24.4 Å². The van der Waals surface area contributed by atoms with Crippen molar-refractivity contribution in [1.29, 1.82) is 0 Å². The Hall–Kier alpha value is -4.64. The Morgan fingerprint density at radius 1 is 1.07 bits per heavy atom. The first-order valence-electron chi connectivity index (χ1n) is 14.7. The number of anilines is 3. The fraction of sp³-hybridized carbons (Fsp3) is 0.333. The number of ether oxygens (including phenoxy) is 2. The Morgan fingerprint density at radius 2 is 1.89 bits per heavy atom. The van der Waals surface area contributed by atoms with Gasteiger partial charge in [-0.2, -0.15) is 0 Å². The third-order valence-electron chi connectivity index (χ3n) is 7.99. The summed E-state index contributed by atoms with van der Waals surface area (Å²) in [4.78, 5) is 52.1. The molecule has 10 nitrogen and oxygen atoms in total. The lowest BCUT2D eigenvalue weighted by Gasteiger charge is -2.28. The van der Waals surface area contributed by atoms with Gasteiger partial charge in [-0.05, 0) is 79.3 Å². The second-order valence-corrected chi connectivity index (χ2v) is 11.6. The van der Waals surface area contributed by atoms with Crippen LogP contribution in [-0.2, 0) is 19.1 Å². The van der Waals surface area contributed by atoms with Crippen LogP contribution in [0, 0.1) is 5.82 Å². The number of nitrogens with zero attached hydrogens (tertiary/aromatic N) is 1. The molecule has 3 aromatic carbocycles. The summed E-state index contributed by atoms with van der Waals surface area (Å²) in [5.41, 5.74) is 3.77. The maximum absolute atomic E-state index is 15.1. The van der Waals surface area contributed by atoms with Crippen LogP contribution in [-0.4, -0.2) is 49.6 Å². The third-order valence-corrected chi connectivity index (χ3v) is 8.22. The molecular weight excluding hydrogens is 603 g/mol. The molecule has 0 saturated heterocycles. The Bertz CT molecular complexity index is 1630. The number of likely N-dealkylation sites (N-methyl/N-ethyl adjacent to an activating group) is 1. The quantitative estimate of drug-likeness (QED) is 0.258. The average Bonchev–Trinajstić information content (AvgIpc) is 3.00. The van der Waals surface area contributed by atoms with Crippen LogP contribution in [0.15, 0.2) is 54.6 Å². The standard InChI is InChI=1S/C33H34ClFN4O6/c1-39(13-5-7-29-26-17-21(34)9-12-27(26)38-33(43)45-29)31(41)25-6-3-4-8-30(40)37-28-18-23(36-32(42)44-2)10-11-24(28)19-14-20(25)16-22(35)15-19/h9-12,14-18,25,29H,3-8,13H2,1-2H3,(H,36,42)(H,37,40)(H,38,43). The summed E-state index contributed by atoms with van der Waals surface area (Å²) in [6.07, 6.45) is 1.08. The number of halogens is 2. The van der Waals surface area contributed by atoms with Crippen LogP contribution in [0.1, 0.15) is 61.7 Å². The average molecular weight is 637 g/mol. The van der Waals surface area contributed by atoms with Crippen molar-refractivity contribution in [2.45, 2.75) is 50.5 Å². The van der Waals surface area contributed by atoms with E-state index in [-0.39, 0.29) is 18.2 Å². The molecule has 2 unspecified atom stereocenters. The molecule has 12 heteroatoms. The lowest BCUT2D eigenvalue weighted by atomic mass is 9.88. The lowest BCUT2D eigenvalue weighted by Crippen LogP contribution is -2.33. The molecular formula is C33H34ClFN4O6. The van der Waals surface area contributed by atoms with Crippen molar-refractivity contribution in [3.05, 3.63) is 76.6 Å². The van der Waals surface area contributed by atoms with Crippen LogP contribution in [0.25, 0.3) is 11.1 Å².